The summed E-state index contributed by atoms with van der Waals surface area (Å²) >= 11 is 0. The van der Waals surface area contributed by atoms with Crippen molar-refractivity contribution in [2.75, 3.05) is 13.2 Å². The van der Waals surface area contributed by atoms with Crippen LogP contribution in [0.2, 0.25) is 0 Å². The van der Waals surface area contributed by atoms with Gasteiger partial charge in [-0.1, -0.05) is 25.1 Å². The SMILES string of the molecule is C[C@@H]1C[C@@H]1c1ccc(/C=C/C(=O)NC[C@@H]2COc3ccccc3C2)o1. The van der Waals surface area contributed by atoms with Crippen LogP contribution in [0.1, 0.15) is 36.3 Å². The lowest BCUT2D eigenvalue weighted by Gasteiger charge is -2.25. The number of amides is 1. The number of hydrogen-bond acceptors (Lipinski definition) is 3. The van der Waals surface area contributed by atoms with Crippen molar-refractivity contribution in [1.29, 1.82) is 0 Å². The van der Waals surface area contributed by atoms with Gasteiger partial charge in [0, 0.05) is 24.5 Å². The predicted octanol–water partition coefficient (Wildman–Crippen LogP) is 3.78. The van der Waals surface area contributed by atoms with E-state index in [-0.39, 0.29) is 5.91 Å². The fourth-order valence-electron chi connectivity index (χ4n) is 3.36. The molecule has 4 rings (SSSR count). The van der Waals surface area contributed by atoms with Crippen LogP contribution in [-0.4, -0.2) is 19.1 Å². The fraction of sp³-hybridized carbons (Fsp3) is 0.381. The lowest BCUT2D eigenvalue weighted by molar-refractivity contribution is -0.116. The third kappa shape index (κ3) is 3.78. The molecule has 25 heavy (non-hydrogen) atoms. The molecule has 0 bridgehead atoms. The first-order valence-electron chi connectivity index (χ1n) is 8.95. The van der Waals surface area contributed by atoms with Gasteiger partial charge in [0.05, 0.1) is 6.61 Å². The van der Waals surface area contributed by atoms with Crippen LogP contribution in [0.4, 0.5) is 0 Å². The highest BCUT2D eigenvalue weighted by atomic mass is 16.5. The van der Waals surface area contributed by atoms with Gasteiger partial charge >= 0.3 is 0 Å². The van der Waals surface area contributed by atoms with Crippen LogP contribution in [0.5, 0.6) is 5.75 Å². The van der Waals surface area contributed by atoms with Gasteiger partial charge in [-0.15, -0.1) is 0 Å². The maximum absolute atomic E-state index is 12.0. The summed E-state index contributed by atoms with van der Waals surface area (Å²) in [6.07, 6.45) is 5.40. The molecule has 2 aliphatic rings. The molecule has 1 aromatic carbocycles. The van der Waals surface area contributed by atoms with Crippen molar-refractivity contribution in [3.8, 4) is 5.75 Å². The van der Waals surface area contributed by atoms with Crippen LogP contribution in [0.15, 0.2) is 46.9 Å². The van der Waals surface area contributed by atoms with Gasteiger partial charge < -0.3 is 14.5 Å². The van der Waals surface area contributed by atoms with Crippen LogP contribution in [0.25, 0.3) is 6.08 Å². The Morgan fingerprint density at radius 2 is 2.12 bits per heavy atom. The zero-order valence-corrected chi connectivity index (χ0v) is 14.4. The van der Waals surface area contributed by atoms with E-state index in [4.69, 9.17) is 9.15 Å². The third-order valence-corrected chi connectivity index (χ3v) is 5.04. The summed E-state index contributed by atoms with van der Waals surface area (Å²) in [5.41, 5.74) is 1.21. The predicted molar refractivity (Wildman–Crippen MR) is 96.4 cm³/mol. The van der Waals surface area contributed by atoms with Crippen LogP contribution in [-0.2, 0) is 11.2 Å². The largest absolute Gasteiger partial charge is 0.493 e. The van der Waals surface area contributed by atoms with Crippen molar-refractivity contribution in [1.82, 2.24) is 5.32 Å². The van der Waals surface area contributed by atoms with E-state index in [9.17, 15) is 4.79 Å². The molecule has 1 N–H and O–H groups in total. The second-order valence-corrected chi connectivity index (χ2v) is 7.13. The number of carbonyl (C=O) groups excluding carboxylic acids is 1. The minimum atomic E-state index is -0.100. The first-order valence-corrected chi connectivity index (χ1v) is 8.95. The summed E-state index contributed by atoms with van der Waals surface area (Å²) in [5.74, 6) is 4.21. The molecule has 0 unspecified atom stereocenters. The first-order chi connectivity index (χ1) is 12.2. The number of rotatable bonds is 5. The molecular weight excluding hydrogens is 314 g/mol. The Kier molecular flexibility index (Phi) is 4.35. The molecule has 1 fully saturated rings. The van der Waals surface area contributed by atoms with E-state index in [1.54, 1.807) is 6.08 Å². The first kappa shape index (κ1) is 16.0. The van der Waals surface area contributed by atoms with Crippen molar-refractivity contribution < 1.29 is 13.9 Å². The Morgan fingerprint density at radius 3 is 2.96 bits per heavy atom. The highest BCUT2D eigenvalue weighted by molar-refractivity contribution is 5.91. The standard InChI is InChI=1S/C21H23NO3/c1-14-10-18(14)20-8-6-17(25-20)7-9-21(23)22-12-15-11-16-4-2-3-5-19(16)24-13-15/h2-9,14-15,18H,10-13H2,1H3,(H,22,23)/b9-7+/t14-,15-,18+/m1/s1. The van der Waals surface area contributed by atoms with Crippen LogP contribution < -0.4 is 10.1 Å². The summed E-state index contributed by atoms with van der Waals surface area (Å²) in [5, 5.41) is 2.95. The van der Waals surface area contributed by atoms with E-state index in [1.807, 2.05) is 30.3 Å². The van der Waals surface area contributed by atoms with E-state index >= 15 is 0 Å². The molecule has 1 aromatic heterocycles. The van der Waals surface area contributed by atoms with E-state index in [0.717, 1.165) is 23.7 Å². The quantitative estimate of drug-likeness (QED) is 0.845. The van der Waals surface area contributed by atoms with E-state index in [1.165, 1.54) is 18.1 Å². The highest BCUT2D eigenvalue weighted by Gasteiger charge is 2.36. The van der Waals surface area contributed by atoms with E-state index in [2.05, 4.69) is 18.3 Å². The molecule has 2 heterocycles. The third-order valence-electron chi connectivity index (χ3n) is 5.04. The molecule has 0 spiro atoms. The van der Waals surface area contributed by atoms with Gasteiger partial charge in [-0.25, -0.2) is 0 Å². The molecule has 4 heteroatoms. The van der Waals surface area contributed by atoms with Gasteiger partial charge in [-0.3, -0.25) is 4.79 Å². The Balaban J connectivity index is 1.26. The average Bonchev–Trinajstić information content (AvgIpc) is 3.18. The van der Waals surface area contributed by atoms with Crippen molar-refractivity contribution in [3.63, 3.8) is 0 Å². The number of furan rings is 1. The van der Waals surface area contributed by atoms with Gasteiger partial charge in [-0.2, -0.15) is 0 Å². The van der Waals surface area contributed by atoms with Gasteiger partial charge in [0.15, 0.2) is 0 Å². The Bertz CT molecular complexity index is 792. The van der Waals surface area contributed by atoms with Crippen molar-refractivity contribution in [2.45, 2.75) is 25.7 Å². The van der Waals surface area contributed by atoms with Crippen molar-refractivity contribution in [2.24, 2.45) is 11.8 Å². The molecule has 1 aliphatic heterocycles. The number of ether oxygens (including phenoxy) is 1. The van der Waals surface area contributed by atoms with Gasteiger partial charge in [-0.05, 0) is 48.6 Å². The number of fused-ring (bicyclic) bond motifs is 1. The smallest absolute Gasteiger partial charge is 0.244 e. The molecule has 130 valence electrons. The zero-order chi connectivity index (χ0) is 17.2. The molecule has 0 saturated heterocycles. The lowest BCUT2D eigenvalue weighted by Crippen LogP contribution is -2.33. The summed E-state index contributed by atoms with van der Waals surface area (Å²) in [7, 11) is 0. The Hall–Kier alpha value is -2.49. The van der Waals surface area contributed by atoms with E-state index in [0.29, 0.717) is 30.9 Å². The fourth-order valence-corrected chi connectivity index (χ4v) is 3.36. The highest BCUT2D eigenvalue weighted by Crippen LogP contribution is 2.47. The van der Waals surface area contributed by atoms with E-state index < -0.39 is 0 Å². The molecular formula is C21H23NO3. The van der Waals surface area contributed by atoms with Crippen LogP contribution in [0, 0.1) is 11.8 Å². The molecule has 4 nitrogen and oxygen atoms in total. The minimum Gasteiger partial charge on any atom is -0.493 e. The second-order valence-electron chi connectivity index (χ2n) is 7.13. The summed E-state index contributed by atoms with van der Waals surface area (Å²) in [6, 6.07) is 12.0. The topological polar surface area (TPSA) is 51.5 Å². The second kappa shape index (κ2) is 6.79. The van der Waals surface area contributed by atoms with Gasteiger partial charge in [0.2, 0.25) is 5.91 Å². The lowest BCUT2D eigenvalue weighted by atomic mass is 9.97. The Morgan fingerprint density at radius 1 is 1.28 bits per heavy atom. The maximum Gasteiger partial charge on any atom is 0.244 e. The molecule has 1 aliphatic carbocycles. The number of nitrogens with one attached hydrogen (secondary N) is 1. The van der Waals surface area contributed by atoms with Gasteiger partial charge in [0.25, 0.3) is 0 Å². The normalized spacial score (nSPS) is 24.6. The van der Waals surface area contributed by atoms with Crippen LogP contribution in [0.3, 0.4) is 0 Å². The van der Waals surface area contributed by atoms with Crippen LogP contribution >= 0.6 is 0 Å². The minimum absolute atomic E-state index is 0.100. The summed E-state index contributed by atoms with van der Waals surface area (Å²) in [4.78, 5) is 12.0. The number of para-hydroxylation sites is 1. The maximum atomic E-state index is 12.0. The Labute approximate surface area is 147 Å². The number of carbonyl (C=O) groups is 1. The molecule has 0 radical (unpaired) electrons. The number of hydrogen-bond donors (Lipinski definition) is 1. The summed E-state index contributed by atoms with van der Waals surface area (Å²) in [6.45, 7) is 3.48. The zero-order valence-electron chi connectivity index (χ0n) is 14.4. The molecule has 1 amide bonds. The summed E-state index contributed by atoms with van der Waals surface area (Å²) < 4.78 is 11.5. The number of benzene rings is 1. The monoisotopic (exact) mass is 337 g/mol. The average molecular weight is 337 g/mol. The van der Waals surface area contributed by atoms with Gasteiger partial charge in [0.1, 0.15) is 17.3 Å². The molecule has 1 saturated carbocycles. The molecule has 3 atom stereocenters. The molecule has 2 aromatic rings. The van der Waals surface area contributed by atoms with Crippen molar-refractivity contribution in [3.05, 3.63) is 59.6 Å². The van der Waals surface area contributed by atoms with Crippen molar-refractivity contribution >= 4 is 12.0 Å².